The molecule has 86 valence electrons. The summed E-state index contributed by atoms with van der Waals surface area (Å²) < 4.78 is 23.7. The van der Waals surface area contributed by atoms with E-state index in [1.165, 1.54) is 0 Å². The molecule has 0 aliphatic carbocycles. The van der Waals surface area contributed by atoms with Crippen molar-refractivity contribution in [2.45, 2.75) is 33.6 Å². The molecule has 0 fully saturated rings. The molecule has 0 aliphatic heterocycles. The minimum Gasteiger partial charge on any atom is -0.330 e. The molecule has 0 aromatic carbocycles. The smallest absolute Gasteiger partial charge is 0.250 e. The summed E-state index contributed by atoms with van der Waals surface area (Å²) >= 11 is 0. The van der Waals surface area contributed by atoms with Crippen LogP contribution in [0.2, 0.25) is 0 Å². The van der Waals surface area contributed by atoms with E-state index in [-0.39, 0.29) is 17.9 Å². The van der Waals surface area contributed by atoms with Crippen LogP contribution in [-0.2, 0) is 0 Å². The van der Waals surface area contributed by atoms with Gasteiger partial charge in [-0.05, 0) is 30.8 Å². The summed E-state index contributed by atoms with van der Waals surface area (Å²) in [5.74, 6) is 0.286. The summed E-state index contributed by atoms with van der Waals surface area (Å²) in [6.07, 6.45) is -1.32. The Labute approximate surface area is 85.2 Å². The zero-order valence-electron chi connectivity index (χ0n) is 9.32. The minimum absolute atomic E-state index is 0.205. The van der Waals surface area contributed by atoms with Crippen LogP contribution >= 0.6 is 0 Å². The molecular formula is C10H22F2N2. The summed E-state index contributed by atoms with van der Waals surface area (Å²) in [4.78, 5) is 0. The van der Waals surface area contributed by atoms with E-state index in [4.69, 9.17) is 5.73 Å². The predicted octanol–water partition coefficient (Wildman–Crippen LogP) is 1.85. The van der Waals surface area contributed by atoms with E-state index in [0.717, 1.165) is 6.42 Å². The second-order valence-electron chi connectivity index (χ2n) is 4.92. The van der Waals surface area contributed by atoms with Crippen LogP contribution in [0.3, 0.4) is 0 Å². The van der Waals surface area contributed by atoms with E-state index in [2.05, 4.69) is 26.1 Å². The van der Waals surface area contributed by atoms with Crippen LogP contribution in [0.15, 0.2) is 0 Å². The van der Waals surface area contributed by atoms with Gasteiger partial charge in [0.25, 0.3) is 6.43 Å². The van der Waals surface area contributed by atoms with Crippen LogP contribution in [0.5, 0.6) is 0 Å². The molecule has 0 bridgehead atoms. The average Bonchev–Trinajstić information content (AvgIpc) is 1.99. The van der Waals surface area contributed by atoms with Crippen LogP contribution in [0, 0.1) is 11.3 Å². The summed E-state index contributed by atoms with van der Waals surface area (Å²) in [6, 6.07) is 0. The van der Waals surface area contributed by atoms with Crippen molar-refractivity contribution < 1.29 is 8.78 Å². The maximum absolute atomic E-state index is 11.8. The van der Waals surface area contributed by atoms with Gasteiger partial charge in [-0.25, -0.2) is 8.78 Å². The Morgan fingerprint density at radius 1 is 1.21 bits per heavy atom. The fourth-order valence-electron chi connectivity index (χ4n) is 1.50. The van der Waals surface area contributed by atoms with Crippen LogP contribution in [0.25, 0.3) is 0 Å². The standard InChI is InChI=1S/C10H22F2N2/c1-10(2,3)4-8(5-13)6-14-7-9(11)12/h8-9,14H,4-7,13H2,1-3H3. The molecule has 14 heavy (non-hydrogen) atoms. The molecule has 0 rings (SSSR count). The van der Waals surface area contributed by atoms with E-state index in [1.54, 1.807) is 0 Å². The van der Waals surface area contributed by atoms with Gasteiger partial charge < -0.3 is 11.1 Å². The normalized spacial score (nSPS) is 14.8. The van der Waals surface area contributed by atoms with Crippen LogP contribution in [-0.4, -0.2) is 26.1 Å². The summed E-state index contributed by atoms with van der Waals surface area (Å²) in [5.41, 5.74) is 5.77. The maximum atomic E-state index is 11.8. The summed E-state index contributed by atoms with van der Waals surface area (Å²) in [5, 5.41) is 2.73. The van der Waals surface area contributed by atoms with E-state index >= 15 is 0 Å². The van der Waals surface area contributed by atoms with Gasteiger partial charge in [-0.3, -0.25) is 0 Å². The Bertz CT molecular complexity index is 144. The van der Waals surface area contributed by atoms with Crippen molar-refractivity contribution in [1.82, 2.24) is 5.32 Å². The molecule has 4 heteroatoms. The van der Waals surface area contributed by atoms with Gasteiger partial charge in [-0.1, -0.05) is 20.8 Å². The van der Waals surface area contributed by atoms with Crippen molar-refractivity contribution in [3.05, 3.63) is 0 Å². The number of nitrogens with two attached hydrogens (primary N) is 1. The fourth-order valence-corrected chi connectivity index (χ4v) is 1.50. The van der Waals surface area contributed by atoms with Gasteiger partial charge in [0.05, 0.1) is 6.54 Å². The molecule has 0 amide bonds. The molecule has 0 aromatic heterocycles. The van der Waals surface area contributed by atoms with Gasteiger partial charge in [0.2, 0.25) is 0 Å². The molecule has 1 unspecified atom stereocenters. The Balaban J connectivity index is 3.69. The first-order chi connectivity index (χ1) is 6.35. The highest BCUT2D eigenvalue weighted by molar-refractivity contribution is 4.71. The molecule has 3 N–H and O–H groups in total. The molecule has 0 aliphatic rings. The first-order valence-corrected chi connectivity index (χ1v) is 5.04. The van der Waals surface area contributed by atoms with E-state index in [1.807, 2.05) is 0 Å². The SMILES string of the molecule is CC(C)(C)CC(CN)CNCC(F)F. The van der Waals surface area contributed by atoms with Gasteiger partial charge in [-0.15, -0.1) is 0 Å². The lowest BCUT2D eigenvalue weighted by Gasteiger charge is -2.25. The quantitative estimate of drug-likeness (QED) is 0.699. The fraction of sp³-hybridized carbons (Fsp3) is 1.00. The van der Waals surface area contributed by atoms with Gasteiger partial charge in [0.1, 0.15) is 0 Å². The average molecular weight is 208 g/mol. The summed E-state index contributed by atoms with van der Waals surface area (Å²) in [7, 11) is 0. The summed E-state index contributed by atoms with van der Waals surface area (Å²) in [6.45, 7) is 7.28. The molecule has 0 saturated carbocycles. The number of nitrogens with one attached hydrogen (secondary N) is 1. The van der Waals surface area contributed by atoms with E-state index in [9.17, 15) is 8.78 Å². The van der Waals surface area contributed by atoms with Crippen molar-refractivity contribution >= 4 is 0 Å². The topological polar surface area (TPSA) is 38.0 Å². The first kappa shape index (κ1) is 13.8. The van der Waals surface area contributed by atoms with Crippen LogP contribution in [0.1, 0.15) is 27.2 Å². The Kier molecular flexibility index (Phi) is 6.20. The van der Waals surface area contributed by atoms with Crippen LogP contribution < -0.4 is 11.1 Å². The van der Waals surface area contributed by atoms with Gasteiger partial charge in [-0.2, -0.15) is 0 Å². The Morgan fingerprint density at radius 3 is 2.14 bits per heavy atom. The maximum Gasteiger partial charge on any atom is 0.250 e. The lowest BCUT2D eigenvalue weighted by molar-refractivity contribution is 0.142. The molecule has 0 radical (unpaired) electrons. The number of alkyl halides is 2. The van der Waals surface area contributed by atoms with Crippen LogP contribution in [0.4, 0.5) is 8.78 Å². The van der Waals surface area contributed by atoms with Gasteiger partial charge in [0.15, 0.2) is 0 Å². The highest BCUT2D eigenvalue weighted by Crippen LogP contribution is 2.23. The highest BCUT2D eigenvalue weighted by atomic mass is 19.3. The molecule has 0 aromatic rings. The van der Waals surface area contributed by atoms with Crippen molar-refractivity contribution in [3.8, 4) is 0 Å². The number of hydrogen-bond donors (Lipinski definition) is 2. The zero-order valence-corrected chi connectivity index (χ0v) is 9.32. The molecule has 1 atom stereocenters. The van der Waals surface area contributed by atoms with Crippen molar-refractivity contribution in [1.29, 1.82) is 0 Å². The van der Waals surface area contributed by atoms with Gasteiger partial charge >= 0.3 is 0 Å². The Hall–Kier alpha value is -0.220. The van der Waals surface area contributed by atoms with Crippen molar-refractivity contribution in [2.75, 3.05) is 19.6 Å². The van der Waals surface area contributed by atoms with E-state index in [0.29, 0.717) is 13.1 Å². The van der Waals surface area contributed by atoms with E-state index < -0.39 is 6.43 Å². The highest BCUT2D eigenvalue weighted by Gasteiger charge is 2.17. The number of hydrogen-bond acceptors (Lipinski definition) is 2. The third-order valence-electron chi connectivity index (χ3n) is 1.97. The zero-order chi connectivity index (χ0) is 11.2. The minimum atomic E-state index is -2.27. The predicted molar refractivity (Wildman–Crippen MR) is 55.5 cm³/mol. The lowest BCUT2D eigenvalue weighted by atomic mass is 9.84. The molecular weight excluding hydrogens is 186 g/mol. The number of rotatable bonds is 6. The lowest BCUT2D eigenvalue weighted by Crippen LogP contribution is -2.33. The molecule has 2 nitrogen and oxygen atoms in total. The third-order valence-corrected chi connectivity index (χ3v) is 1.97. The van der Waals surface area contributed by atoms with Crippen molar-refractivity contribution in [2.24, 2.45) is 17.1 Å². The molecule has 0 spiro atoms. The first-order valence-electron chi connectivity index (χ1n) is 5.04. The number of halogens is 2. The molecule has 0 saturated heterocycles. The third kappa shape index (κ3) is 8.38. The second kappa shape index (κ2) is 6.30. The monoisotopic (exact) mass is 208 g/mol. The van der Waals surface area contributed by atoms with Gasteiger partial charge in [0, 0.05) is 0 Å². The Morgan fingerprint density at radius 2 is 1.79 bits per heavy atom. The van der Waals surface area contributed by atoms with Crippen molar-refractivity contribution in [3.63, 3.8) is 0 Å². The second-order valence-corrected chi connectivity index (χ2v) is 4.92. The molecule has 0 heterocycles. The largest absolute Gasteiger partial charge is 0.330 e.